The lowest BCUT2D eigenvalue weighted by Crippen LogP contribution is -2.11. The van der Waals surface area contributed by atoms with Gasteiger partial charge in [0.05, 0.1) is 0 Å². The molecular formula is C12H16N2. The van der Waals surface area contributed by atoms with Crippen molar-refractivity contribution in [2.24, 2.45) is 11.8 Å². The zero-order chi connectivity index (χ0) is 9.38. The summed E-state index contributed by atoms with van der Waals surface area (Å²) in [5, 5.41) is 3.48. The van der Waals surface area contributed by atoms with Gasteiger partial charge in [-0.3, -0.25) is 4.98 Å². The molecule has 0 radical (unpaired) electrons. The van der Waals surface area contributed by atoms with Crippen molar-refractivity contribution in [2.75, 3.05) is 13.1 Å². The third-order valence-corrected chi connectivity index (χ3v) is 3.76. The minimum Gasteiger partial charge on any atom is -0.316 e. The fraction of sp³-hybridized carbons (Fsp3) is 0.583. The predicted molar refractivity (Wildman–Crippen MR) is 56.1 cm³/mol. The van der Waals surface area contributed by atoms with Gasteiger partial charge in [0, 0.05) is 17.8 Å². The van der Waals surface area contributed by atoms with Crippen LogP contribution < -0.4 is 5.32 Å². The van der Waals surface area contributed by atoms with Crippen molar-refractivity contribution in [3.63, 3.8) is 0 Å². The largest absolute Gasteiger partial charge is 0.316 e. The highest BCUT2D eigenvalue weighted by molar-refractivity contribution is 5.13. The van der Waals surface area contributed by atoms with Gasteiger partial charge in [0.1, 0.15) is 0 Å². The van der Waals surface area contributed by atoms with E-state index in [1.807, 2.05) is 12.3 Å². The zero-order valence-electron chi connectivity index (χ0n) is 8.32. The van der Waals surface area contributed by atoms with Crippen LogP contribution in [0.4, 0.5) is 0 Å². The highest BCUT2D eigenvalue weighted by atomic mass is 14.9. The van der Waals surface area contributed by atoms with Gasteiger partial charge in [-0.15, -0.1) is 0 Å². The van der Waals surface area contributed by atoms with Gasteiger partial charge in [0.25, 0.3) is 0 Å². The van der Waals surface area contributed by atoms with E-state index >= 15 is 0 Å². The molecule has 2 fully saturated rings. The SMILES string of the molecule is c1ccc(C2C[C@H]3CNC[C@H]3C2)nc1. The molecule has 3 rings (SSSR count). The molecule has 1 saturated heterocycles. The van der Waals surface area contributed by atoms with E-state index in [0.29, 0.717) is 0 Å². The van der Waals surface area contributed by atoms with Crippen LogP contribution in [0.25, 0.3) is 0 Å². The van der Waals surface area contributed by atoms with E-state index < -0.39 is 0 Å². The van der Waals surface area contributed by atoms with Crippen molar-refractivity contribution >= 4 is 0 Å². The van der Waals surface area contributed by atoms with Crippen LogP contribution in [0.15, 0.2) is 24.4 Å². The highest BCUT2D eigenvalue weighted by Crippen LogP contribution is 2.43. The maximum Gasteiger partial charge on any atom is 0.0434 e. The molecule has 0 amide bonds. The average molecular weight is 188 g/mol. The van der Waals surface area contributed by atoms with E-state index in [4.69, 9.17) is 0 Å². The fourth-order valence-electron chi connectivity index (χ4n) is 3.03. The Balaban J connectivity index is 1.77. The van der Waals surface area contributed by atoms with Gasteiger partial charge in [-0.2, -0.15) is 0 Å². The Kier molecular flexibility index (Phi) is 2.02. The Morgan fingerprint density at radius 1 is 1.14 bits per heavy atom. The normalized spacial score (nSPS) is 35.9. The van der Waals surface area contributed by atoms with Crippen LogP contribution in [0.3, 0.4) is 0 Å². The van der Waals surface area contributed by atoms with Crippen molar-refractivity contribution in [1.82, 2.24) is 10.3 Å². The van der Waals surface area contributed by atoms with Crippen LogP contribution in [0.5, 0.6) is 0 Å². The fourth-order valence-corrected chi connectivity index (χ4v) is 3.03. The molecule has 1 unspecified atom stereocenters. The van der Waals surface area contributed by atoms with E-state index in [-0.39, 0.29) is 0 Å². The Morgan fingerprint density at radius 3 is 2.57 bits per heavy atom. The summed E-state index contributed by atoms with van der Waals surface area (Å²) in [6.45, 7) is 2.46. The number of pyridine rings is 1. The molecular weight excluding hydrogens is 172 g/mol. The summed E-state index contributed by atoms with van der Waals surface area (Å²) in [7, 11) is 0. The van der Waals surface area contributed by atoms with Gasteiger partial charge >= 0.3 is 0 Å². The number of hydrogen-bond acceptors (Lipinski definition) is 2. The van der Waals surface area contributed by atoms with E-state index in [0.717, 1.165) is 17.8 Å². The number of nitrogens with zero attached hydrogens (tertiary/aromatic N) is 1. The number of fused-ring (bicyclic) bond motifs is 1. The molecule has 0 bridgehead atoms. The minimum absolute atomic E-state index is 0.730. The van der Waals surface area contributed by atoms with Crippen molar-refractivity contribution in [2.45, 2.75) is 18.8 Å². The van der Waals surface area contributed by atoms with Gasteiger partial charge in [-0.1, -0.05) is 6.07 Å². The first-order chi connectivity index (χ1) is 6.93. The molecule has 2 heteroatoms. The number of aromatic nitrogens is 1. The first kappa shape index (κ1) is 8.42. The first-order valence-corrected chi connectivity index (χ1v) is 5.55. The first-order valence-electron chi connectivity index (χ1n) is 5.55. The monoisotopic (exact) mass is 188 g/mol. The number of hydrogen-bond donors (Lipinski definition) is 1. The molecule has 1 N–H and O–H groups in total. The highest BCUT2D eigenvalue weighted by Gasteiger charge is 2.38. The third kappa shape index (κ3) is 1.34. The second-order valence-corrected chi connectivity index (χ2v) is 4.60. The van der Waals surface area contributed by atoms with Crippen LogP contribution >= 0.6 is 0 Å². The molecule has 74 valence electrons. The van der Waals surface area contributed by atoms with Crippen LogP contribution in [0.2, 0.25) is 0 Å². The lowest BCUT2D eigenvalue weighted by molar-refractivity contribution is 0.494. The summed E-state index contributed by atoms with van der Waals surface area (Å²) in [6.07, 6.45) is 4.60. The number of rotatable bonds is 1. The van der Waals surface area contributed by atoms with E-state index in [1.165, 1.54) is 31.6 Å². The molecule has 1 aromatic rings. The van der Waals surface area contributed by atoms with Crippen LogP contribution in [0, 0.1) is 11.8 Å². The molecule has 1 aromatic heterocycles. The van der Waals surface area contributed by atoms with E-state index in [2.05, 4.69) is 22.4 Å². The van der Waals surface area contributed by atoms with Gasteiger partial charge in [-0.25, -0.2) is 0 Å². The van der Waals surface area contributed by atoms with Crippen LogP contribution in [-0.2, 0) is 0 Å². The molecule has 1 aliphatic heterocycles. The maximum absolute atomic E-state index is 4.47. The average Bonchev–Trinajstić information content (AvgIpc) is 2.78. The summed E-state index contributed by atoms with van der Waals surface area (Å²) in [4.78, 5) is 4.47. The Bertz CT molecular complexity index is 297. The molecule has 3 atom stereocenters. The van der Waals surface area contributed by atoms with Gasteiger partial charge in [0.15, 0.2) is 0 Å². The molecule has 1 saturated carbocycles. The topological polar surface area (TPSA) is 24.9 Å². The Morgan fingerprint density at radius 2 is 1.93 bits per heavy atom. The third-order valence-electron chi connectivity index (χ3n) is 3.76. The molecule has 0 spiro atoms. The van der Waals surface area contributed by atoms with Crippen LogP contribution in [0.1, 0.15) is 24.5 Å². The van der Waals surface area contributed by atoms with E-state index in [1.54, 1.807) is 0 Å². The van der Waals surface area contributed by atoms with Crippen molar-refractivity contribution < 1.29 is 0 Å². The quantitative estimate of drug-likeness (QED) is 0.727. The molecule has 2 aliphatic rings. The summed E-state index contributed by atoms with van der Waals surface area (Å²) in [5.41, 5.74) is 1.31. The molecule has 2 nitrogen and oxygen atoms in total. The Labute approximate surface area is 84.7 Å². The number of nitrogens with one attached hydrogen (secondary N) is 1. The smallest absolute Gasteiger partial charge is 0.0434 e. The van der Waals surface area contributed by atoms with Gasteiger partial charge < -0.3 is 5.32 Å². The molecule has 2 heterocycles. The van der Waals surface area contributed by atoms with Gasteiger partial charge in [0.2, 0.25) is 0 Å². The lowest BCUT2D eigenvalue weighted by atomic mass is 10.0. The Hall–Kier alpha value is -0.890. The van der Waals surface area contributed by atoms with Crippen molar-refractivity contribution in [1.29, 1.82) is 0 Å². The van der Waals surface area contributed by atoms with E-state index in [9.17, 15) is 0 Å². The lowest BCUT2D eigenvalue weighted by Gasteiger charge is -2.09. The molecule has 0 aromatic carbocycles. The predicted octanol–water partition coefficient (Wildman–Crippen LogP) is 1.79. The van der Waals surface area contributed by atoms with Crippen molar-refractivity contribution in [3.8, 4) is 0 Å². The van der Waals surface area contributed by atoms with Crippen molar-refractivity contribution in [3.05, 3.63) is 30.1 Å². The minimum atomic E-state index is 0.730. The maximum atomic E-state index is 4.47. The summed E-state index contributed by atoms with van der Waals surface area (Å²) in [5.74, 6) is 2.57. The second kappa shape index (κ2) is 3.35. The summed E-state index contributed by atoms with van der Waals surface area (Å²) >= 11 is 0. The van der Waals surface area contributed by atoms with Gasteiger partial charge in [-0.05, 0) is 49.9 Å². The second-order valence-electron chi connectivity index (χ2n) is 4.60. The zero-order valence-corrected chi connectivity index (χ0v) is 8.32. The molecule has 14 heavy (non-hydrogen) atoms. The standard InChI is InChI=1S/C12H16N2/c1-2-4-14-12(3-1)9-5-10-7-13-8-11(10)6-9/h1-4,9-11,13H,5-8H2/t9?,10-,11+. The summed E-state index contributed by atoms with van der Waals surface area (Å²) < 4.78 is 0. The van der Waals surface area contributed by atoms with Crippen LogP contribution in [-0.4, -0.2) is 18.1 Å². The molecule has 1 aliphatic carbocycles. The summed E-state index contributed by atoms with van der Waals surface area (Å²) in [6, 6.07) is 6.29.